The first kappa shape index (κ1) is 18.0. The molecule has 0 spiro atoms. The number of para-hydroxylation sites is 2. The minimum Gasteiger partial charge on any atom is -0.481 e. The van der Waals surface area contributed by atoms with Crippen LogP contribution in [0.25, 0.3) is 0 Å². The summed E-state index contributed by atoms with van der Waals surface area (Å²) in [6, 6.07) is 7.34. The van der Waals surface area contributed by atoms with Crippen LogP contribution in [-0.4, -0.2) is 54.0 Å². The third-order valence-electron chi connectivity index (χ3n) is 6.28. The number of carboxylic acids is 1. The van der Waals surface area contributed by atoms with E-state index in [4.69, 9.17) is 0 Å². The van der Waals surface area contributed by atoms with Crippen molar-refractivity contribution in [2.75, 3.05) is 36.4 Å². The zero-order valence-electron chi connectivity index (χ0n) is 15.3. The van der Waals surface area contributed by atoms with Crippen LogP contribution in [0.2, 0.25) is 0 Å². The Labute approximate surface area is 158 Å². The molecule has 2 aliphatic heterocycles. The van der Waals surface area contributed by atoms with Gasteiger partial charge < -0.3 is 15.3 Å². The summed E-state index contributed by atoms with van der Waals surface area (Å²) in [5.74, 6) is -0.690. The van der Waals surface area contributed by atoms with E-state index < -0.39 is 11.4 Å². The molecule has 7 heteroatoms. The van der Waals surface area contributed by atoms with E-state index in [9.17, 15) is 19.5 Å². The summed E-state index contributed by atoms with van der Waals surface area (Å²) >= 11 is 0. The Hall–Kier alpha value is -2.41. The number of aliphatic carboxylic acids is 1. The van der Waals surface area contributed by atoms with E-state index in [2.05, 4.69) is 5.32 Å². The minimum absolute atomic E-state index is 0.0764. The fraction of sp³-hybridized carbons (Fsp3) is 0.550. The van der Waals surface area contributed by atoms with Crippen LogP contribution in [0, 0.1) is 11.3 Å². The predicted octanol–water partition coefficient (Wildman–Crippen LogP) is 1.94. The van der Waals surface area contributed by atoms with Crippen molar-refractivity contribution in [2.45, 2.75) is 32.1 Å². The molecule has 3 fully saturated rings. The highest BCUT2D eigenvalue weighted by atomic mass is 16.4. The maximum absolute atomic E-state index is 12.6. The number of hydrogen-bond donors (Lipinski definition) is 2. The highest BCUT2D eigenvalue weighted by Gasteiger charge is 2.54. The number of benzene rings is 1. The van der Waals surface area contributed by atoms with Gasteiger partial charge in [0.1, 0.15) is 0 Å². The molecule has 7 nitrogen and oxygen atoms in total. The van der Waals surface area contributed by atoms with Crippen molar-refractivity contribution in [2.24, 2.45) is 11.3 Å². The summed E-state index contributed by atoms with van der Waals surface area (Å²) in [6.45, 7) is 1.94. The van der Waals surface area contributed by atoms with Crippen molar-refractivity contribution < 1.29 is 19.5 Å². The van der Waals surface area contributed by atoms with Gasteiger partial charge in [0.15, 0.2) is 0 Å². The van der Waals surface area contributed by atoms with Gasteiger partial charge in [-0.2, -0.15) is 0 Å². The SMILES string of the molecule is O=C(CN1C[C@@H]2CCC[C@@]2(C(=O)O)C1)Nc1ccccc1N1CCCC1=O. The first-order chi connectivity index (χ1) is 13.0. The Morgan fingerprint density at radius 1 is 1.26 bits per heavy atom. The standard InChI is InChI=1S/C20H25N3O4/c24-17(12-22-11-14-5-3-9-20(14,13-22)19(26)27)21-15-6-1-2-7-16(15)23-10-4-8-18(23)25/h1-2,6-7,14H,3-5,8-13H2,(H,21,24)(H,26,27)/t14-,20+/m0/s1. The molecule has 1 aliphatic carbocycles. The Morgan fingerprint density at radius 2 is 2.07 bits per heavy atom. The lowest BCUT2D eigenvalue weighted by atomic mass is 9.81. The minimum atomic E-state index is -0.731. The van der Waals surface area contributed by atoms with Crippen LogP contribution in [0.1, 0.15) is 32.1 Å². The predicted molar refractivity (Wildman–Crippen MR) is 101 cm³/mol. The molecule has 2 saturated heterocycles. The summed E-state index contributed by atoms with van der Waals surface area (Å²) in [4.78, 5) is 40.1. The second-order valence-corrected chi connectivity index (χ2v) is 7.93. The van der Waals surface area contributed by atoms with Crippen molar-refractivity contribution in [1.29, 1.82) is 0 Å². The van der Waals surface area contributed by atoms with Gasteiger partial charge >= 0.3 is 5.97 Å². The lowest BCUT2D eigenvalue weighted by Crippen LogP contribution is -2.37. The first-order valence-corrected chi connectivity index (χ1v) is 9.64. The molecule has 0 radical (unpaired) electrons. The number of likely N-dealkylation sites (tertiary alicyclic amines) is 1. The maximum Gasteiger partial charge on any atom is 0.311 e. The number of anilines is 2. The van der Waals surface area contributed by atoms with E-state index in [1.807, 2.05) is 23.1 Å². The van der Waals surface area contributed by atoms with Crippen molar-refractivity contribution in [3.05, 3.63) is 24.3 Å². The number of nitrogens with zero attached hydrogens (tertiary/aromatic N) is 2. The van der Waals surface area contributed by atoms with Gasteiger partial charge in [-0.1, -0.05) is 18.6 Å². The molecule has 2 N–H and O–H groups in total. The molecule has 4 rings (SSSR count). The average Bonchev–Trinajstić information content (AvgIpc) is 3.29. The number of carbonyl (C=O) groups excluding carboxylic acids is 2. The van der Waals surface area contributed by atoms with Crippen LogP contribution < -0.4 is 10.2 Å². The lowest BCUT2D eigenvalue weighted by molar-refractivity contribution is -0.149. The van der Waals surface area contributed by atoms with E-state index in [1.165, 1.54) is 0 Å². The van der Waals surface area contributed by atoms with E-state index in [-0.39, 0.29) is 24.3 Å². The lowest BCUT2D eigenvalue weighted by Gasteiger charge is -2.23. The number of nitrogens with one attached hydrogen (secondary N) is 1. The monoisotopic (exact) mass is 371 g/mol. The zero-order chi connectivity index (χ0) is 19.0. The molecule has 0 bridgehead atoms. The third-order valence-corrected chi connectivity index (χ3v) is 6.28. The van der Waals surface area contributed by atoms with E-state index in [0.717, 1.165) is 24.9 Å². The second kappa shape index (κ2) is 6.96. The average molecular weight is 371 g/mol. The van der Waals surface area contributed by atoms with Crippen LogP contribution >= 0.6 is 0 Å². The van der Waals surface area contributed by atoms with Crippen LogP contribution in [0.5, 0.6) is 0 Å². The fourth-order valence-corrected chi connectivity index (χ4v) is 4.97. The number of fused-ring (bicyclic) bond motifs is 1. The molecular weight excluding hydrogens is 346 g/mol. The molecule has 0 aromatic heterocycles. The molecular formula is C20H25N3O4. The molecule has 2 atom stereocenters. The third kappa shape index (κ3) is 3.20. The van der Waals surface area contributed by atoms with Crippen molar-refractivity contribution in [3.63, 3.8) is 0 Å². The van der Waals surface area contributed by atoms with Crippen molar-refractivity contribution in [1.82, 2.24) is 4.90 Å². The molecule has 1 aromatic rings. The molecule has 27 heavy (non-hydrogen) atoms. The molecule has 2 heterocycles. The summed E-state index contributed by atoms with van der Waals surface area (Å²) in [5.41, 5.74) is 0.680. The quantitative estimate of drug-likeness (QED) is 0.826. The summed E-state index contributed by atoms with van der Waals surface area (Å²) in [5, 5.41) is 12.6. The van der Waals surface area contributed by atoms with Gasteiger partial charge in [0.25, 0.3) is 0 Å². The van der Waals surface area contributed by atoms with Crippen molar-refractivity contribution >= 4 is 29.2 Å². The molecule has 1 saturated carbocycles. The Kier molecular flexibility index (Phi) is 4.63. The highest BCUT2D eigenvalue weighted by molar-refractivity contribution is 6.02. The van der Waals surface area contributed by atoms with Crippen LogP contribution in [-0.2, 0) is 14.4 Å². The van der Waals surface area contributed by atoms with Gasteiger partial charge in [0.2, 0.25) is 11.8 Å². The Balaban J connectivity index is 1.42. The second-order valence-electron chi connectivity index (χ2n) is 7.93. The molecule has 0 unspecified atom stereocenters. The molecule has 144 valence electrons. The molecule has 2 amide bonds. The van der Waals surface area contributed by atoms with Crippen LogP contribution in [0.3, 0.4) is 0 Å². The number of carboxylic acid groups (broad SMARTS) is 1. The number of carbonyl (C=O) groups is 3. The van der Waals surface area contributed by atoms with Gasteiger partial charge in [0, 0.05) is 26.1 Å². The highest BCUT2D eigenvalue weighted by Crippen LogP contribution is 2.48. The van der Waals surface area contributed by atoms with Crippen molar-refractivity contribution in [3.8, 4) is 0 Å². The topological polar surface area (TPSA) is 89.9 Å². The number of rotatable bonds is 5. The summed E-state index contributed by atoms with van der Waals surface area (Å²) in [7, 11) is 0. The van der Waals surface area contributed by atoms with Gasteiger partial charge in [-0.3, -0.25) is 19.3 Å². The fourth-order valence-electron chi connectivity index (χ4n) is 4.97. The zero-order valence-corrected chi connectivity index (χ0v) is 15.3. The van der Waals surface area contributed by atoms with Crippen LogP contribution in [0.15, 0.2) is 24.3 Å². The summed E-state index contributed by atoms with van der Waals surface area (Å²) < 4.78 is 0. The van der Waals surface area contributed by atoms with E-state index in [0.29, 0.717) is 38.2 Å². The van der Waals surface area contributed by atoms with E-state index in [1.54, 1.807) is 11.0 Å². The van der Waals surface area contributed by atoms with Gasteiger partial charge in [-0.05, 0) is 37.3 Å². The Bertz CT molecular complexity index is 780. The van der Waals surface area contributed by atoms with Gasteiger partial charge in [0.05, 0.1) is 23.3 Å². The smallest absolute Gasteiger partial charge is 0.311 e. The number of hydrogen-bond acceptors (Lipinski definition) is 4. The van der Waals surface area contributed by atoms with Gasteiger partial charge in [-0.15, -0.1) is 0 Å². The van der Waals surface area contributed by atoms with E-state index >= 15 is 0 Å². The molecule has 3 aliphatic rings. The molecule has 1 aromatic carbocycles. The summed E-state index contributed by atoms with van der Waals surface area (Å²) in [6.07, 6.45) is 3.94. The Morgan fingerprint density at radius 3 is 2.78 bits per heavy atom. The van der Waals surface area contributed by atoms with Crippen LogP contribution in [0.4, 0.5) is 11.4 Å². The largest absolute Gasteiger partial charge is 0.481 e. The first-order valence-electron chi connectivity index (χ1n) is 9.64. The number of amides is 2. The van der Waals surface area contributed by atoms with Gasteiger partial charge in [-0.25, -0.2) is 0 Å². The maximum atomic E-state index is 12.6. The normalized spacial score (nSPS) is 27.8.